The average molecular weight is 223 g/mol. The lowest BCUT2D eigenvalue weighted by molar-refractivity contribution is 0.660. The third-order valence-corrected chi connectivity index (χ3v) is 2.66. The SMILES string of the molecule is CCc1nsc(Nc2cnn(CC)c2)n1. The molecule has 0 saturated heterocycles. The first-order valence-electron chi connectivity index (χ1n) is 4.94. The number of rotatable bonds is 4. The Balaban J connectivity index is 2.07. The fourth-order valence-electron chi connectivity index (χ4n) is 1.17. The van der Waals surface area contributed by atoms with Gasteiger partial charge >= 0.3 is 0 Å². The van der Waals surface area contributed by atoms with Crippen LogP contribution in [0.15, 0.2) is 12.4 Å². The second-order valence-corrected chi connectivity index (χ2v) is 3.83. The van der Waals surface area contributed by atoms with Crippen molar-refractivity contribution >= 4 is 22.4 Å². The van der Waals surface area contributed by atoms with Crippen molar-refractivity contribution in [1.82, 2.24) is 19.1 Å². The molecule has 0 saturated carbocycles. The first-order valence-corrected chi connectivity index (χ1v) is 5.71. The van der Waals surface area contributed by atoms with E-state index in [0.717, 1.165) is 29.6 Å². The van der Waals surface area contributed by atoms with Crippen LogP contribution >= 0.6 is 11.5 Å². The van der Waals surface area contributed by atoms with Gasteiger partial charge in [0.25, 0.3) is 0 Å². The number of aryl methyl sites for hydroxylation is 2. The summed E-state index contributed by atoms with van der Waals surface area (Å²) in [7, 11) is 0. The fraction of sp³-hybridized carbons (Fsp3) is 0.444. The molecule has 0 amide bonds. The van der Waals surface area contributed by atoms with Crippen LogP contribution in [0.2, 0.25) is 0 Å². The van der Waals surface area contributed by atoms with E-state index in [1.54, 1.807) is 6.20 Å². The van der Waals surface area contributed by atoms with Gasteiger partial charge in [0.2, 0.25) is 5.13 Å². The summed E-state index contributed by atoms with van der Waals surface area (Å²) in [6, 6.07) is 0. The first kappa shape index (κ1) is 10.1. The van der Waals surface area contributed by atoms with Crippen LogP contribution in [0.3, 0.4) is 0 Å². The summed E-state index contributed by atoms with van der Waals surface area (Å²) in [6.45, 7) is 4.97. The molecule has 2 rings (SSSR count). The second kappa shape index (κ2) is 4.39. The molecule has 2 aromatic heterocycles. The summed E-state index contributed by atoms with van der Waals surface area (Å²) in [6.07, 6.45) is 4.61. The standard InChI is InChI=1S/C9H13N5S/c1-3-8-12-9(15-13-8)11-7-5-10-14(4-2)6-7/h5-6H,3-4H2,1-2H3,(H,11,12,13). The molecule has 0 aliphatic rings. The molecule has 80 valence electrons. The van der Waals surface area contributed by atoms with Gasteiger partial charge in [-0.25, -0.2) is 4.98 Å². The molecule has 5 nitrogen and oxygen atoms in total. The van der Waals surface area contributed by atoms with Crippen molar-refractivity contribution in [3.63, 3.8) is 0 Å². The quantitative estimate of drug-likeness (QED) is 0.862. The Morgan fingerprint density at radius 1 is 1.47 bits per heavy atom. The number of hydrogen-bond acceptors (Lipinski definition) is 5. The van der Waals surface area contributed by atoms with Crippen LogP contribution in [-0.2, 0) is 13.0 Å². The van der Waals surface area contributed by atoms with Crippen LogP contribution in [0.25, 0.3) is 0 Å². The van der Waals surface area contributed by atoms with Crippen molar-refractivity contribution in [2.45, 2.75) is 26.8 Å². The highest BCUT2D eigenvalue weighted by Crippen LogP contribution is 2.17. The maximum absolute atomic E-state index is 4.32. The van der Waals surface area contributed by atoms with Gasteiger partial charge in [-0.15, -0.1) is 0 Å². The number of hydrogen-bond donors (Lipinski definition) is 1. The Hall–Kier alpha value is -1.43. The van der Waals surface area contributed by atoms with E-state index in [0.29, 0.717) is 0 Å². The number of nitrogens with one attached hydrogen (secondary N) is 1. The summed E-state index contributed by atoms with van der Waals surface area (Å²) in [5.41, 5.74) is 0.954. The molecule has 2 heterocycles. The summed E-state index contributed by atoms with van der Waals surface area (Å²) in [5, 5.41) is 8.17. The molecule has 0 unspecified atom stereocenters. The van der Waals surface area contributed by atoms with E-state index in [1.165, 1.54) is 11.5 Å². The van der Waals surface area contributed by atoms with E-state index in [4.69, 9.17) is 0 Å². The predicted molar refractivity (Wildman–Crippen MR) is 60.5 cm³/mol. The van der Waals surface area contributed by atoms with E-state index in [2.05, 4.69) is 26.7 Å². The number of aromatic nitrogens is 4. The van der Waals surface area contributed by atoms with Crippen LogP contribution in [-0.4, -0.2) is 19.1 Å². The number of anilines is 2. The van der Waals surface area contributed by atoms with Crippen LogP contribution in [0.4, 0.5) is 10.8 Å². The van der Waals surface area contributed by atoms with E-state index in [-0.39, 0.29) is 0 Å². The summed E-state index contributed by atoms with van der Waals surface area (Å²) < 4.78 is 6.06. The molecule has 0 aromatic carbocycles. The third-order valence-electron chi connectivity index (χ3n) is 1.99. The van der Waals surface area contributed by atoms with Gasteiger partial charge in [-0.1, -0.05) is 6.92 Å². The molecule has 0 atom stereocenters. The van der Waals surface area contributed by atoms with Gasteiger partial charge in [0.15, 0.2) is 0 Å². The van der Waals surface area contributed by atoms with Crippen LogP contribution in [0.1, 0.15) is 19.7 Å². The van der Waals surface area contributed by atoms with Gasteiger partial charge in [-0.3, -0.25) is 4.68 Å². The van der Waals surface area contributed by atoms with Gasteiger partial charge in [0.05, 0.1) is 11.9 Å². The molecular weight excluding hydrogens is 210 g/mol. The molecule has 15 heavy (non-hydrogen) atoms. The zero-order valence-corrected chi connectivity index (χ0v) is 9.58. The average Bonchev–Trinajstić information content (AvgIpc) is 2.87. The molecule has 0 bridgehead atoms. The highest BCUT2D eigenvalue weighted by atomic mass is 32.1. The second-order valence-electron chi connectivity index (χ2n) is 3.08. The Bertz CT molecular complexity index is 393. The van der Waals surface area contributed by atoms with Crippen molar-refractivity contribution in [3.05, 3.63) is 18.2 Å². The van der Waals surface area contributed by atoms with Gasteiger partial charge in [-0.2, -0.15) is 9.47 Å². The summed E-state index contributed by atoms with van der Waals surface area (Å²) >= 11 is 1.38. The molecule has 1 N–H and O–H groups in total. The maximum atomic E-state index is 4.32. The Morgan fingerprint density at radius 2 is 2.33 bits per heavy atom. The van der Waals surface area contributed by atoms with Crippen LogP contribution in [0.5, 0.6) is 0 Å². The maximum Gasteiger partial charge on any atom is 0.207 e. The highest BCUT2D eigenvalue weighted by molar-refractivity contribution is 7.09. The molecule has 0 radical (unpaired) electrons. The normalized spacial score (nSPS) is 10.5. The number of nitrogens with zero attached hydrogens (tertiary/aromatic N) is 4. The summed E-state index contributed by atoms with van der Waals surface area (Å²) in [4.78, 5) is 4.32. The molecule has 6 heteroatoms. The fourth-order valence-corrected chi connectivity index (χ4v) is 1.84. The van der Waals surface area contributed by atoms with E-state index < -0.39 is 0 Å². The van der Waals surface area contributed by atoms with Gasteiger partial charge in [0, 0.05) is 30.7 Å². The largest absolute Gasteiger partial charge is 0.328 e. The van der Waals surface area contributed by atoms with Crippen LogP contribution < -0.4 is 5.32 Å². The Morgan fingerprint density at radius 3 is 2.93 bits per heavy atom. The predicted octanol–water partition coefficient (Wildman–Crippen LogP) is 2.06. The highest BCUT2D eigenvalue weighted by Gasteiger charge is 2.03. The Labute approximate surface area is 92.3 Å². The molecule has 0 aliphatic carbocycles. The molecular formula is C9H13N5S. The minimum atomic E-state index is 0.822. The molecule has 0 aliphatic heterocycles. The van der Waals surface area contributed by atoms with Crippen molar-refractivity contribution < 1.29 is 0 Å². The van der Waals surface area contributed by atoms with E-state index >= 15 is 0 Å². The molecule has 0 spiro atoms. The lowest BCUT2D eigenvalue weighted by Gasteiger charge is -1.95. The summed E-state index contributed by atoms with van der Waals surface area (Å²) in [5.74, 6) is 0.880. The van der Waals surface area contributed by atoms with Gasteiger partial charge in [-0.05, 0) is 6.92 Å². The zero-order valence-electron chi connectivity index (χ0n) is 8.77. The van der Waals surface area contributed by atoms with Crippen LogP contribution in [0, 0.1) is 0 Å². The lowest BCUT2D eigenvalue weighted by Crippen LogP contribution is -1.92. The topological polar surface area (TPSA) is 55.6 Å². The minimum absolute atomic E-state index is 0.822. The van der Waals surface area contributed by atoms with Crippen molar-refractivity contribution in [3.8, 4) is 0 Å². The Kier molecular flexibility index (Phi) is 2.96. The van der Waals surface area contributed by atoms with E-state index in [9.17, 15) is 0 Å². The van der Waals surface area contributed by atoms with Gasteiger partial charge < -0.3 is 5.32 Å². The van der Waals surface area contributed by atoms with Gasteiger partial charge in [0.1, 0.15) is 5.82 Å². The lowest BCUT2D eigenvalue weighted by atomic mass is 10.5. The van der Waals surface area contributed by atoms with Crippen molar-refractivity contribution in [1.29, 1.82) is 0 Å². The third kappa shape index (κ3) is 2.33. The first-order chi connectivity index (χ1) is 7.31. The zero-order chi connectivity index (χ0) is 10.7. The monoisotopic (exact) mass is 223 g/mol. The molecule has 0 fully saturated rings. The smallest absolute Gasteiger partial charge is 0.207 e. The van der Waals surface area contributed by atoms with Crippen molar-refractivity contribution in [2.24, 2.45) is 0 Å². The van der Waals surface area contributed by atoms with Crippen molar-refractivity contribution in [2.75, 3.05) is 5.32 Å². The van der Waals surface area contributed by atoms with E-state index in [1.807, 2.05) is 17.8 Å². The minimum Gasteiger partial charge on any atom is -0.328 e. The molecule has 2 aromatic rings.